The van der Waals surface area contributed by atoms with Crippen LogP contribution in [0.1, 0.15) is 44.9 Å². The van der Waals surface area contributed by atoms with E-state index in [0.717, 1.165) is 44.9 Å². The van der Waals surface area contributed by atoms with E-state index in [-0.39, 0.29) is 0 Å². The van der Waals surface area contributed by atoms with Crippen LogP contribution in [-0.4, -0.2) is 38.7 Å². The van der Waals surface area contributed by atoms with Gasteiger partial charge in [-0.3, -0.25) is 0 Å². The molecule has 0 aliphatic carbocycles. The second-order valence-corrected chi connectivity index (χ2v) is 4.37. The largest absolute Gasteiger partial charge is 0.508 e. The first-order valence-corrected chi connectivity index (χ1v) is 6.88. The Morgan fingerprint density at radius 2 is 0.737 bits per heavy atom. The molecule has 2 aliphatic heterocycles. The van der Waals surface area contributed by atoms with E-state index in [1.54, 1.807) is 0 Å². The Morgan fingerprint density at radius 3 is 1.05 bits per heavy atom. The third-order valence-corrected chi connectivity index (χ3v) is 2.71. The van der Waals surface area contributed by atoms with Crippen molar-refractivity contribution in [2.75, 3.05) is 26.4 Å². The summed E-state index contributed by atoms with van der Waals surface area (Å²) in [6, 6.07) is 0. The van der Waals surface area contributed by atoms with Gasteiger partial charge in [0, 0.05) is 0 Å². The zero-order valence-corrected chi connectivity index (χ0v) is 11.2. The van der Waals surface area contributed by atoms with Crippen LogP contribution in [-0.2, 0) is 18.9 Å². The Hall–Kier alpha value is -1.46. The highest BCUT2D eigenvalue weighted by molar-refractivity contribution is 5.60. The minimum absolute atomic E-state index is 0.512. The summed E-state index contributed by atoms with van der Waals surface area (Å²) in [7, 11) is 0. The van der Waals surface area contributed by atoms with E-state index in [4.69, 9.17) is 9.47 Å². The van der Waals surface area contributed by atoms with Crippen molar-refractivity contribution in [3.8, 4) is 0 Å². The Morgan fingerprint density at radius 1 is 0.474 bits per heavy atom. The highest BCUT2D eigenvalue weighted by atomic mass is 16.7. The van der Waals surface area contributed by atoms with Crippen LogP contribution >= 0.6 is 0 Å². The maximum Gasteiger partial charge on any atom is 0.508 e. The summed E-state index contributed by atoms with van der Waals surface area (Å²) in [6.07, 6.45) is 6.20. The molecule has 2 rings (SSSR count). The van der Waals surface area contributed by atoms with Crippen molar-refractivity contribution < 1.29 is 28.5 Å². The maximum atomic E-state index is 10.5. The lowest BCUT2D eigenvalue weighted by atomic mass is 10.2. The zero-order valence-electron chi connectivity index (χ0n) is 11.2. The van der Waals surface area contributed by atoms with Crippen LogP contribution in [0.15, 0.2) is 0 Å². The van der Waals surface area contributed by atoms with E-state index in [2.05, 4.69) is 9.47 Å². The monoisotopic (exact) mass is 274 g/mol. The quantitative estimate of drug-likeness (QED) is 0.632. The molecule has 6 nitrogen and oxygen atoms in total. The fourth-order valence-electron chi connectivity index (χ4n) is 1.64. The molecule has 6 heteroatoms. The lowest BCUT2D eigenvalue weighted by molar-refractivity contribution is 0.0434. The molecular weight excluding hydrogens is 252 g/mol. The molecule has 2 aliphatic rings. The second-order valence-electron chi connectivity index (χ2n) is 4.37. The molecule has 0 radical (unpaired) electrons. The van der Waals surface area contributed by atoms with Gasteiger partial charge < -0.3 is 18.9 Å². The molecule has 0 aromatic heterocycles. The first-order valence-electron chi connectivity index (χ1n) is 6.88. The van der Waals surface area contributed by atoms with Crippen molar-refractivity contribution in [2.45, 2.75) is 44.9 Å². The maximum absolute atomic E-state index is 10.5. The number of carbonyl (C=O) groups is 2. The summed E-state index contributed by atoms with van der Waals surface area (Å²) < 4.78 is 18.6. The first-order chi connectivity index (χ1) is 9.29. The Bertz CT molecular complexity index is 244. The number of hydrogen-bond acceptors (Lipinski definition) is 6. The molecule has 2 saturated heterocycles. The van der Waals surface area contributed by atoms with Gasteiger partial charge in [0.05, 0.1) is 26.4 Å². The minimum Gasteiger partial charge on any atom is -0.434 e. The molecule has 2 fully saturated rings. The second kappa shape index (κ2) is 10.5. The molecule has 0 bridgehead atoms. The van der Waals surface area contributed by atoms with Crippen molar-refractivity contribution in [1.29, 1.82) is 0 Å². The van der Waals surface area contributed by atoms with E-state index in [1.165, 1.54) is 0 Å². The predicted molar refractivity (Wildman–Crippen MR) is 66.9 cm³/mol. The molecule has 2 heterocycles. The lowest BCUT2D eigenvalue weighted by Gasteiger charge is -2.09. The van der Waals surface area contributed by atoms with Crippen LogP contribution in [0.2, 0.25) is 0 Å². The third kappa shape index (κ3) is 9.16. The summed E-state index contributed by atoms with van der Waals surface area (Å²) in [4.78, 5) is 20.9. The number of carbonyl (C=O) groups excluding carboxylic acids is 2. The van der Waals surface area contributed by atoms with Crippen molar-refractivity contribution >= 4 is 12.3 Å². The fraction of sp³-hybridized carbons (Fsp3) is 0.846. The molecular formula is C13H22O6. The highest BCUT2D eigenvalue weighted by Gasteiger charge is 2.06. The molecule has 0 saturated carbocycles. The van der Waals surface area contributed by atoms with E-state index in [0.29, 0.717) is 26.4 Å². The summed E-state index contributed by atoms with van der Waals surface area (Å²) in [5.41, 5.74) is 0. The van der Waals surface area contributed by atoms with Gasteiger partial charge in [0.1, 0.15) is 0 Å². The van der Waals surface area contributed by atoms with Gasteiger partial charge >= 0.3 is 12.3 Å². The van der Waals surface area contributed by atoms with E-state index >= 15 is 0 Å². The average Bonchev–Trinajstić information content (AvgIpc) is 2.49. The van der Waals surface area contributed by atoms with Crippen molar-refractivity contribution in [2.24, 2.45) is 0 Å². The van der Waals surface area contributed by atoms with Crippen molar-refractivity contribution in [3.05, 3.63) is 0 Å². The van der Waals surface area contributed by atoms with Crippen LogP contribution in [0.5, 0.6) is 0 Å². The molecule has 19 heavy (non-hydrogen) atoms. The Labute approximate surface area is 113 Å². The van der Waals surface area contributed by atoms with Gasteiger partial charge in [-0.1, -0.05) is 0 Å². The SMILES string of the molecule is O=C1OCCCCCCO1.O=C1OCCCCCO1. The topological polar surface area (TPSA) is 71.1 Å². The molecule has 110 valence electrons. The van der Waals surface area contributed by atoms with E-state index < -0.39 is 12.3 Å². The van der Waals surface area contributed by atoms with Gasteiger partial charge in [0.25, 0.3) is 0 Å². The third-order valence-electron chi connectivity index (χ3n) is 2.71. The fourth-order valence-corrected chi connectivity index (χ4v) is 1.64. The van der Waals surface area contributed by atoms with Gasteiger partial charge in [-0.2, -0.15) is 0 Å². The van der Waals surface area contributed by atoms with Gasteiger partial charge in [0.15, 0.2) is 0 Å². The minimum atomic E-state index is -0.519. The summed E-state index contributed by atoms with van der Waals surface area (Å²) in [6.45, 7) is 2.05. The normalized spacial score (nSPS) is 21.3. The van der Waals surface area contributed by atoms with Crippen LogP contribution in [0.4, 0.5) is 9.59 Å². The molecule has 0 unspecified atom stereocenters. The van der Waals surface area contributed by atoms with Gasteiger partial charge in [-0.15, -0.1) is 0 Å². The number of hydrogen-bond donors (Lipinski definition) is 0. The summed E-state index contributed by atoms with van der Waals surface area (Å²) in [5.74, 6) is 0. The molecule has 0 N–H and O–H groups in total. The summed E-state index contributed by atoms with van der Waals surface area (Å²) in [5, 5.41) is 0. The molecule has 0 spiro atoms. The first kappa shape index (κ1) is 15.6. The highest BCUT2D eigenvalue weighted by Crippen LogP contribution is 2.04. The number of cyclic esters (lactones) is 4. The zero-order chi connectivity index (χ0) is 13.8. The predicted octanol–water partition coefficient (Wildman–Crippen LogP) is 3.04. The molecule has 0 aromatic carbocycles. The lowest BCUT2D eigenvalue weighted by Crippen LogP contribution is -2.12. The van der Waals surface area contributed by atoms with Gasteiger partial charge in [0.2, 0.25) is 0 Å². The Balaban J connectivity index is 0.000000191. The molecule has 0 atom stereocenters. The van der Waals surface area contributed by atoms with Crippen LogP contribution in [0.25, 0.3) is 0 Å². The van der Waals surface area contributed by atoms with Crippen LogP contribution < -0.4 is 0 Å². The van der Waals surface area contributed by atoms with Crippen LogP contribution in [0, 0.1) is 0 Å². The van der Waals surface area contributed by atoms with E-state index in [9.17, 15) is 9.59 Å². The van der Waals surface area contributed by atoms with Crippen molar-refractivity contribution in [3.63, 3.8) is 0 Å². The van der Waals surface area contributed by atoms with Gasteiger partial charge in [-0.05, 0) is 44.9 Å². The Kier molecular flexibility index (Phi) is 8.59. The standard InChI is InChI=1S/C7H12O3.C6H10O3/c8-7-9-5-3-1-2-4-6-10-7;7-6-8-4-2-1-3-5-9-6/h1-6H2;1-5H2. The smallest absolute Gasteiger partial charge is 0.434 e. The van der Waals surface area contributed by atoms with Crippen LogP contribution in [0.3, 0.4) is 0 Å². The number of rotatable bonds is 0. The average molecular weight is 274 g/mol. The van der Waals surface area contributed by atoms with Crippen molar-refractivity contribution in [1.82, 2.24) is 0 Å². The number of ether oxygens (including phenoxy) is 4. The summed E-state index contributed by atoms with van der Waals surface area (Å²) >= 11 is 0. The van der Waals surface area contributed by atoms with E-state index in [1.807, 2.05) is 0 Å². The molecule has 0 aromatic rings. The molecule has 0 amide bonds. The van der Waals surface area contributed by atoms with Gasteiger partial charge in [-0.25, -0.2) is 9.59 Å².